The van der Waals surface area contributed by atoms with Gasteiger partial charge in [-0.05, 0) is 107 Å². The Balaban J connectivity index is 1.81. The molecule has 0 spiro atoms. The van der Waals surface area contributed by atoms with Gasteiger partial charge in [-0.2, -0.15) is 0 Å². The number of aromatic nitrogens is 3. The van der Waals surface area contributed by atoms with E-state index in [4.69, 9.17) is 0 Å². The molecule has 3 aliphatic rings. The van der Waals surface area contributed by atoms with Crippen LogP contribution in [0.2, 0.25) is 0 Å². The van der Waals surface area contributed by atoms with Crippen molar-refractivity contribution in [3.05, 3.63) is 31.5 Å². The number of hydrogen-bond acceptors (Lipinski definition) is 6. The summed E-state index contributed by atoms with van der Waals surface area (Å²) >= 11 is 0. The number of hydrogen-bond donors (Lipinski definition) is 3. The summed E-state index contributed by atoms with van der Waals surface area (Å²) in [6.45, 7) is 32.3. The van der Waals surface area contributed by atoms with Crippen molar-refractivity contribution in [2.75, 3.05) is 0 Å². The molecule has 3 aliphatic carbocycles. The van der Waals surface area contributed by atoms with Crippen LogP contribution in [-0.2, 0) is 19.6 Å². The number of rotatable bonds is 6. The van der Waals surface area contributed by atoms with Gasteiger partial charge in [0.1, 0.15) is 0 Å². The Bertz CT molecular complexity index is 1330. The minimum Gasteiger partial charge on any atom is -0.393 e. The third kappa shape index (κ3) is 8.21. The van der Waals surface area contributed by atoms with Gasteiger partial charge in [0.2, 0.25) is 0 Å². The molecular weight excluding hydrogens is 642 g/mol. The summed E-state index contributed by atoms with van der Waals surface area (Å²) in [7, 11) is 0. The second-order valence-electron chi connectivity index (χ2n) is 21.3. The highest BCUT2D eigenvalue weighted by Gasteiger charge is 2.48. The van der Waals surface area contributed by atoms with Crippen LogP contribution in [0.25, 0.3) is 0 Å². The molecule has 3 saturated carbocycles. The summed E-state index contributed by atoms with van der Waals surface area (Å²) in [5.41, 5.74) is -2.06. The van der Waals surface area contributed by atoms with E-state index in [1.54, 1.807) is 0 Å². The highest BCUT2D eigenvalue weighted by molar-refractivity contribution is 4.98. The zero-order valence-electron chi connectivity index (χ0n) is 34.8. The maximum atomic E-state index is 14.5. The second kappa shape index (κ2) is 14.8. The van der Waals surface area contributed by atoms with Crippen molar-refractivity contribution in [2.45, 2.75) is 161 Å². The van der Waals surface area contributed by atoms with Gasteiger partial charge in [0.05, 0.1) is 18.3 Å². The molecule has 0 amide bonds. The van der Waals surface area contributed by atoms with Crippen LogP contribution in [0.4, 0.5) is 0 Å². The van der Waals surface area contributed by atoms with E-state index in [-0.39, 0.29) is 107 Å². The molecule has 0 bridgehead atoms. The molecule has 0 aromatic carbocycles. The Labute approximate surface area is 308 Å². The number of aliphatic hydroxyl groups excluding tert-OH is 3. The Morgan fingerprint density at radius 3 is 0.824 bits per heavy atom. The summed E-state index contributed by atoms with van der Waals surface area (Å²) in [6, 6.07) is 0. The van der Waals surface area contributed by atoms with E-state index >= 15 is 0 Å². The first-order valence-corrected chi connectivity index (χ1v) is 20.2. The molecular formula is C42H75N3O6. The first-order valence-electron chi connectivity index (χ1n) is 20.2. The highest BCUT2D eigenvalue weighted by Crippen LogP contribution is 2.48. The summed E-state index contributed by atoms with van der Waals surface area (Å²) in [4.78, 5) is 43.6. The third-order valence-corrected chi connectivity index (χ3v) is 14.9. The van der Waals surface area contributed by atoms with Gasteiger partial charge >= 0.3 is 17.1 Å². The largest absolute Gasteiger partial charge is 0.393 e. The fourth-order valence-corrected chi connectivity index (χ4v) is 11.0. The van der Waals surface area contributed by atoms with Gasteiger partial charge < -0.3 is 15.3 Å². The summed E-state index contributed by atoms with van der Waals surface area (Å²) in [6.07, 6.45) is 0.648. The quantitative estimate of drug-likeness (QED) is 0.326. The van der Waals surface area contributed by atoms with Crippen molar-refractivity contribution in [3.63, 3.8) is 0 Å². The Hall–Kier alpha value is -1.71. The van der Waals surface area contributed by atoms with Crippen LogP contribution in [-0.4, -0.2) is 47.3 Å². The van der Waals surface area contributed by atoms with E-state index in [1.165, 1.54) is 13.7 Å². The minimum atomic E-state index is -0.600. The lowest BCUT2D eigenvalue weighted by molar-refractivity contribution is -0.0779. The van der Waals surface area contributed by atoms with Crippen LogP contribution < -0.4 is 17.1 Å². The summed E-state index contributed by atoms with van der Waals surface area (Å²) in [5.74, 6) is -0.109. The smallest absolute Gasteiger partial charge is 0.336 e. The van der Waals surface area contributed by atoms with Gasteiger partial charge in [0.25, 0.3) is 0 Å². The molecule has 0 saturated heterocycles. The lowest BCUT2D eigenvalue weighted by Gasteiger charge is -2.48. The van der Waals surface area contributed by atoms with E-state index in [2.05, 4.69) is 83.1 Å². The van der Waals surface area contributed by atoms with E-state index < -0.39 is 35.4 Å². The van der Waals surface area contributed by atoms with Crippen LogP contribution in [0.5, 0.6) is 0 Å². The molecule has 9 heteroatoms. The molecule has 1 aromatic rings. The molecule has 3 fully saturated rings. The molecule has 15 unspecified atom stereocenters. The average Bonchev–Trinajstić information content (AvgIpc) is 2.99. The minimum absolute atomic E-state index is 0.0857. The molecule has 3 N–H and O–H groups in total. The lowest BCUT2D eigenvalue weighted by Crippen LogP contribution is -2.59. The maximum Gasteiger partial charge on any atom is 0.336 e. The van der Waals surface area contributed by atoms with Crippen LogP contribution in [0.3, 0.4) is 0 Å². The first-order chi connectivity index (χ1) is 23.2. The molecule has 51 heavy (non-hydrogen) atoms. The molecule has 0 radical (unpaired) electrons. The zero-order valence-corrected chi connectivity index (χ0v) is 34.8. The molecule has 4 rings (SSSR count). The maximum absolute atomic E-state index is 14.5. The summed E-state index contributed by atoms with van der Waals surface area (Å²) < 4.78 is 3.84. The summed E-state index contributed by atoms with van der Waals surface area (Å²) in [5, 5.41) is 34.5. The molecule has 294 valence electrons. The van der Waals surface area contributed by atoms with Crippen molar-refractivity contribution in [3.8, 4) is 0 Å². The molecule has 1 heterocycles. The van der Waals surface area contributed by atoms with E-state index in [1.807, 2.05) is 20.8 Å². The second-order valence-corrected chi connectivity index (χ2v) is 21.3. The van der Waals surface area contributed by atoms with Crippen molar-refractivity contribution in [1.82, 2.24) is 13.7 Å². The van der Waals surface area contributed by atoms with Crippen molar-refractivity contribution in [1.29, 1.82) is 0 Å². The molecule has 15 atom stereocenters. The van der Waals surface area contributed by atoms with Crippen LogP contribution in [0.15, 0.2) is 14.4 Å². The van der Waals surface area contributed by atoms with E-state index in [9.17, 15) is 29.7 Å². The predicted octanol–water partition coefficient (Wildman–Crippen LogP) is 6.12. The highest BCUT2D eigenvalue weighted by atomic mass is 16.3. The number of aliphatic hydroxyl groups is 3. The van der Waals surface area contributed by atoms with Crippen molar-refractivity contribution < 1.29 is 15.3 Å². The van der Waals surface area contributed by atoms with E-state index in [0.29, 0.717) is 0 Å². The van der Waals surface area contributed by atoms with Crippen molar-refractivity contribution in [2.24, 2.45) is 87.3 Å². The average molecular weight is 718 g/mol. The van der Waals surface area contributed by atoms with Gasteiger partial charge in [-0.1, -0.05) is 104 Å². The van der Waals surface area contributed by atoms with Gasteiger partial charge in [-0.15, -0.1) is 0 Å². The zero-order chi connectivity index (χ0) is 38.9. The Morgan fingerprint density at radius 1 is 0.451 bits per heavy atom. The van der Waals surface area contributed by atoms with Gasteiger partial charge in [-0.3, -0.25) is 0 Å². The predicted molar refractivity (Wildman–Crippen MR) is 205 cm³/mol. The van der Waals surface area contributed by atoms with Gasteiger partial charge in [-0.25, -0.2) is 28.1 Å². The lowest BCUT2D eigenvalue weighted by atomic mass is 9.60. The number of nitrogens with zero attached hydrogens (tertiary/aromatic N) is 3. The SMILES string of the molecule is CC1CC(C(C)(C)C)C(O)C(C)C1Cn1c(=O)n(CC2C(C)CC(C(C)(C)C)C(O)C2C)c(=O)n(CC2C(C)CC(C(C)(C)C)C(O)C2C)c1=O. The van der Waals surface area contributed by atoms with Crippen LogP contribution >= 0.6 is 0 Å². The Kier molecular flexibility index (Phi) is 12.2. The fourth-order valence-electron chi connectivity index (χ4n) is 11.0. The van der Waals surface area contributed by atoms with Gasteiger partial charge in [0.15, 0.2) is 0 Å². The standard InChI is InChI=1S/C42H75N3O6/c1-22-16-31(40(7,8)9)34(46)25(4)28(22)19-43-37(49)44(20-29-23(2)17-32(41(10,11)12)35(47)26(29)5)39(51)45(38(43)50)21-30-24(3)18-33(42(13,14)15)36(48)27(30)6/h22-36,46-48H,16-21H2,1-15H3. The van der Waals surface area contributed by atoms with Crippen LogP contribution in [0.1, 0.15) is 123 Å². The fraction of sp³-hybridized carbons (Fsp3) is 0.929. The van der Waals surface area contributed by atoms with Crippen molar-refractivity contribution >= 4 is 0 Å². The normalized spacial score (nSPS) is 40.0. The molecule has 9 nitrogen and oxygen atoms in total. The topological polar surface area (TPSA) is 127 Å². The van der Waals surface area contributed by atoms with E-state index in [0.717, 1.165) is 19.3 Å². The monoisotopic (exact) mass is 718 g/mol. The third-order valence-electron chi connectivity index (χ3n) is 14.9. The first kappa shape index (κ1) is 42.0. The Morgan fingerprint density at radius 2 is 0.647 bits per heavy atom. The van der Waals surface area contributed by atoms with Crippen LogP contribution in [0, 0.1) is 87.3 Å². The molecule has 1 aromatic heterocycles. The molecule has 0 aliphatic heterocycles. The van der Waals surface area contributed by atoms with Gasteiger partial charge in [0, 0.05) is 19.6 Å².